The van der Waals surface area contributed by atoms with Crippen molar-refractivity contribution in [3.63, 3.8) is 0 Å². The van der Waals surface area contributed by atoms with Crippen molar-refractivity contribution in [1.29, 1.82) is 0 Å². The second-order valence-electron chi connectivity index (χ2n) is 5.70. The quantitative estimate of drug-likeness (QED) is 0.809. The van der Waals surface area contributed by atoms with Gasteiger partial charge in [0.15, 0.2) is 16.1 Å². The number of hydrogen-bond acceptors (Lipinski definition) is 4. The van der Waals surface area contributed by atoms with Crippen molar-refractivity contribution in [3.05, 3.63) is 30.1 Å². The molecule has 2 heterocycles. The highest BCUT2D eigenvalue weighted by Crippen LogP contribution is 2.20. The van der Waals surface area contributed by atoms with E-state index in [0.29, 0.717) is 17.8 Å². The van der Waals surface area contributed by atoms with Crippen molar-refractivity contribution >= 4 is 27.2 Å². The van der Waals surface area contributed by atoms with Crippen LogP contribution in [0.3, 0.4) is 0 Å². The standard InChI is InChI=1S/C14H18N2O3S/c1-14(2,3)20(18,19)8-7-16-9-11(10-17)12-5-4-6-15-13(12)16/h4-6,9-10H,7-8H2,1-3H3. The van der Waals surface area contributed by atoms with Crippen LogP contribution in [-0.2, 0) is 16.4 Å². The molecule has 108 valence electrons. The Kier molecular flexibility index (Phi) is 3.69. The van der Waals surface area contributed by atoms with Crippen molar-refractivity contribution in [1.82, 2.24) is 9.55 Å². The predicted molar refractivity (Wildman–Crippen MR) is 78.7 cm³/mol. The van der Waals surface area contributed by atoms with Gasteiger partial charge in [0.05, 0.1) is 10.5 Å². The molecule has 0 amide bonds. The smallest absolute Gasteiger partial charge is 0.156 e. The fraction of sp³-hybridized carbons (Fsp3) is 0.429. The van der Waals surface area contributed by atoms with Gasteiger partial charge in [-0.25, -0.2) is 13.4 Å². The topological polar surface area (TPSA) is 69.0 Å². The monoisotopic (exact) mass is 294 g/mol. The van der Waals surface area contributed by atoms with E-state index < -0.39 is 14.6 Å². The minimum atomic E-state index is -3.20. The van der Waals surface area contributed by atoms with Crippen LogP contribution in [0.15, 0.2) is 24.5 Å². The number of pyridine rings is 1. The highest BCUT2D eigenvalue weighted by molar-refractivity contribution is 7.92. The molecular formula is C14H18N2O3S. The minimum Gasteiger partial charge on any atom is -0.331 e. The van der Waals surface area contributed by atoms with E-state index in [1.165, 1.54) is 0 Å². The molecule has 0 aromatic carbocycles. The molecule has 20 heavy (non-hydrogen) atoms. The number of rotatable bonds is 4. The maximum Gasteiger partial charge on any atom is 0.156 e. The third-order valence-corrected chi connectivity index (χ3v) is 5.91. The number of aryl methyl sites for hydroxylation is 1. The zero-order valence-electron chi connectivity index (χ0n) is 11.8. The van der Waals surface area contributed by atoms with Gasteiger partial charge in [-0.3, -0.25) is 4.79 Å². The Bertz CT molecular complexity index is 739. The van der Waals surface area contributed by atoms with Crippen molar-refractivity contribution in [3.8, 4) is 0 Å². The van der Waals surface area contributed by atoms with Crippen LogP contribution < -0.4 is 0 Å². The minimum absolute atomic E-state index is 0.0230. The summed E-state index contributed by atoms with van der Waals surface area (Å²) in [5, 5.41) is 0.746. The molecule has 0 aliphatic rings. The summed E-state index contributed by atoms with van der Waals surface area (Å²) in [4.78, 5) is 15.3. The van der Waals surface area contributed by atoms with Gasteiger partial charge in [0.1, 0.15) is 5.65 Å². The normalized spacial score (nSPS) is 12.8. The fourth-order valence-corrected chi connectivity index (χ4v) is 2.99. The molecule has 0 N–H and O–H groups in total. The molecule has 0 fully saturated rings. The molecule has 5 nitrogen and oxygen atoms in total. The van der Waals surface area contributed by atoms with Gasteiger partial charge in [0, 0.05) is 29.9 Å². The molecule has 0 atom stereocenters. The molecular weight excluding hydrogens is 276 g/mol. The highest BCUT2D eigenvalue weighted by Gasteiger charge is 2.28. The summed E-state index contributed by atoms with van der Waals surface area (Å²) in [6.07, 6.45) is 4.05. The van der Waals surface area contributed by atoms with E-state index in [1.54, 1.807) is 49.9 Å². The first kappa shape index (κ1) is 14.7. The van der Waals surface area contributed by atoms with Crippen LogP contribution in [-0.4, -0.2) is 34.8 Å². The van der Waals surface area contributed by atoms with Crippen LogP contribution in [0.5, 0.6) is 0 Å². The Labute approximate surface area is 118 Å². The van der Waals surface area contributed by atoms with Gasteiger partial charge in [0.2, 0.25) is 0 Å². The average molecular weight is 294 g/mol. The molecule has 0 saturated heterocycles. The lowest BCUT2D eigenvalue weighted by atomic mass is 10.2. The van der Waals surface area contributed by atoms with Crippen molar-refractivity contribution in [2.24, 2.45) is 0 Å². The molecule has 0 aliphatic carbocycles. The maximum absolute atomic E-state index is 12.1. The second kappa shape index (κ2) is 5.01. The second-order valence-corrected chi connectivity index (χ2v) is 8.56. The molecule has 0 radical (unpaired) electrons. The summed E-state index contributed by atoms with van der Waals surface area (Å²) in [5.74, 6) is 0.0230. The van der Waals surface area contributed by atoms with Crippen LogP contribution >= 0.6 is 0 Å². The van der Waals surface area contributed by atoms with E-state index in [0.717, 1.165) is 11.7 Å². The van der Waals surface area contributed by atoms with Gasteiger partial charge < -0.3 is 4.57 Å². The summed E-state index contributed by atoms with van der Waals surface area (Å²) in [5.41, 5.74) is 1.17. The van der Waals surface area contributed by atoms with Gasteiger partial charge in [-0.15, -0.1) is 0 Å². The first-order valence-corrected chi connectivity index (χ1v) is 8.03. The van der Waals surface area contributed by atoms with Crippen LogP contribution in [0.2, 0.25) is 0 Å². The Balaban J connectivity index is 2.34. The fourth-order valence-electron chi connectivity index (χ4n) is 1.94. The van der Waals surface area contributed by atoms with E-state index in [1.807, 2.05) is 0 Å². The number of aldehydes is 1. The molecule has 0 unspecified atom stereocenters. The molecule has 6 heteroatoms. The Morgan fingerprint density at radius 3 is 2.65 bits per heavy atom. The van der Waals surface area contributed by atoms with Crippen LogP contribution in [0, 0.1) is 0 Å². The van der Waals surface area contributed by atoms with Crippen LogP contribution in [0.4, 0.5) is 0 Å². The average Bonchev–Trinajstić information content (AvgIpc) is 2.73. The summed E-state index contributed by atoms with van der Waals surface area (Å²) < 4.78 is 25.2. The number of nitrogens with zero attached hydrogens (tertiary/aromatic N) is 2. The lowest BCUT2D eigenvalue weighted by Gasteiger charge is -2.19. The summed E-state index contributed by atoms with van der Waals surface area (Å²) >= 11 is 0. The molecule has 2 rings (SSSR count). The van der Waals surface area contributed by atoms with Crippen LogP contribution in [0.25, 0.3) is 11.0 Å². The first-order valence-electron chi connectivity index (χ1n) is 6.37. The van der Waals surface area contributed by atoms with Gasteiger partial charge in [-0.05, 0) is 32.9 Å². The molecule has 0 bridgehead atoms. The Morgan fingerprint density at radius 2 is 2.05 bits per heavy atom. The molecule has 2 aromatic heterocycles. The zero-order chi connectivity index (χ0) is 15.0. The molecule has 0 saturated carbocycles. The van der Waals surface area contributed by atoms with E-state index in [4.69, 9.17) is 0 Å². The third kappa shape index (κ3) is 2.60. The highest BCUT2D eigenvalue weighted by atomic mass is 32.2. The maximum atomic E-state index is 12.1. The van der Waals surface area contributed by atoms with Gasteiger partial charge in [-0.1, -0.05) is 0 Å². The van der Waals surface area contributed by atoms with Crippen molar-refractivity contribution < 1.29 is 13.2 Å². The zero-order valence-corrected chi connectivity index (χ0v) is 12.6. The number of fused-ring (bicyclic) bond motifs is 1. The van der Waals surface area contributed by atoms with Crippen LogP contribution in [0.1, 0.15) is 31.1 Å². The number of sulfone groups is 1. The van der Waals surface area contributed by atoms with Gasteiger partial charge in [-0.2, -0.15) is 0 Å². The van der Waals surface area contributed by atoms with E-state index in [9.17, 15) is 13.2 Å². The SMILES string of the molecule is CC(C)(C)S(=O)(=O)CCn1cc(C=O)c2cccnc21. The number of hydrogen-bond donors (Lipinski definition) is 0. The summed E-state index contributed by atoms with van der Waals surface area (Å²) in [6, 6.07) is 3.56. The largest absolute Gasteiger partial charge is 0.331 e. The van der Waals surface area contributed by atoms with Crippen molar-refractivity contribution in [2.75, 3.05) is 5.75 Å². The summed E-state index contributed by atoms with van der Waals surface area (Å²) in [6.45, 7) is 5.35. The number of carbonyl (C=O) groups excluding carboxylic acids is 1. The van der Waals surface area contributed by atoms with Gasteiger partial charge in [0.25, 0.3) is 0 Å². The Morgan fingerprint density at radius 1 is 1.35 bits per heavy atom. The molecule has 0 spiro atoms. The third-order valence-electron chi connectivity index (χ3n) is 3.33. The van der Waals surface area contributed by atoms with E-state index in [-0.39, 0.29) is 5.75 Å². The first-order chi connectivity index (χ1) is 9.26. The Hall–Kier alpha value is -1.69. The predicted octanol–water partition coefficient (Wildman–Crippen LogP) is 2.06. The summed E-state index contributed by atoms with van der Waals surface area (Å²) in [7, 11) is -3.20. The molecule has 2 aromatic rings. The number of aromatic nitrogens is 2. The van der Waals surface area contributed by atoms with E-state index in [2.05, 4.69) is 4.98 Å². The van der Waals surface area contributed by atoms with E-state index >= 15 is 0 Å². The molecule has 0 aliphatic heterocycles. The van der Waals surface area contributed by atoms with Gasteiger partial charge >= 0.3 is 0 Å². The lowest BCUT2D eigenvalue weighted by Crippen LogP contribution is -2.31. The lowest BCUT2D eigenvalue weighted by molar-refractivity contribution is 0.112. The number of carbonyl (C=O) groups is 1. The van der Waals surface area contributed by atoms with Crippen molar-refractivity contribution in [2.45, 2.75) is 32.1 Å².